The van der Waals surface area contributed by atoms with Gasteiger partial charge in [0.25, 0.3) is 0 Å². The lowest BCUT2D eigenvalue weighted by Gasteiger charge is -2.31. The van der Waals surface area contributed by atoms with Crippen LogP contribution in [-0.2, 0) is 28.6 Å². The fraction of sp³-hybridized carbons (Fsp3) is 0.860. The molecular weight excluding hydrogens is 727 g/mol. The van der Waals surface area contributed by atoms with Gasteiger partial charge in [0, 0.05) is 19.3 Å². The molecule has 0 rings (SSSR count). The fourth-order valence-electron chi connectivity index (χ4n) is 7.30. The molecule has 2 atom stereocenters. The van der Waals surface area contributed by atoms with Gasteiger partial charge >= 0.3 is 17.9 Å². The summed E-state index contributed by atoms with van der Waals surface area (Å²) < 4.78 is 17.3. The largest absolute Gasteiger partial charge is 0.477 e. The van der Waals surface area contributed by atoms with E-state index in [4.69, 9.17) is 14.2 Å². The molecule has 0 aliphatic heterocycles. The van der Waals surface area contributed by atoms with E-state index >= 15 is 0 Å². The van der Waals surface area contributed by atoms with Gasteiger partial charge in [-0.05, 0) is 44.9 Å². The van der Waals surface area contributed by atoms with Crippen LogP contribution in [0.25, 0.3) is 0 Å². The van der Waals surface area contributed by atoms with Gasteiger partial charge in [0.2, 0.25) is 0 Å². The number of aliphatic carboxylic acids is 1. The number of unbranched alkanes of at least 4 members (excludes halogenated alkanes) is 26. The van der Waals surface area contributed by atoms with Gasteiger partial charge in [-0.15, -0.1) is 0 Å². The number of nitrogens with zero attached hydrogens (tertiary/aromatic N) is 1. The van der Waals surface area contributed by atoms with E-state index < -0.39 is 18.1 Å². The highest BCUT2D eigenvalue weighted by atomic mass is 16.6. The molecule has 0 fully saturated rings. The average Bonchev–Trinajstić information content (AvgIpc) is 3.18. The Hall–Kier alpha value is -2.19. The quantitative estimate of drug-likeness (QED) is 0.0283. The highest BCUT2D eigenvalue weighted by molar-refractivity contribution is 5.72. The van der Waals surface area contributed by atoms with E-state index in [0.717, 1.165) is 51.4 Å². The Kier molecular flexibility index (Phi) is 40.0. The van der Waals surface area contributed by atoms with Crippen molar-refractivity contribution >= 4 is 17.9 Å². The summed E-state index contributed by atoms with van der Waals surface area (Å²) in [5.41, 5.74) is 0. The Morgan fingerprint density at radius 3 is 1.33 bits per heavy atom. The summed E-state index contributed by atoms with van der Waals surface area (Å²) in [4.78, 5) is 37.0. The summed E-state index contributed by atoms with van der Waals surface area (Å²) in [7, 11) is 5.53. The molecule has 0 aliphatic rings. The Balaban J connectivity index is 4.18. The number of carbonyl (C=O) groups excluding carboxylic acids is 2. The summed E-state index contributed by atoms with van der Waals surface area (Å²) in [6.07, 6.45) is 46.6. The Bertz CT molecular complexity index is 1000. The normalized spacial score (nSPS) is 13.1. The predicted octanol–water partition coefficient (Wildman–Crippen LogP) is 13.6. The van der Waals surface area contributed by atoms with E-state index in [2.05, 4.69) is 38.2 Å². The van der Waals surface area contributed by atoms with Gasteiger partial charge in [0.05, 0.1) is 34.4 Å². The number of esters is 2. The molecule has 8 heteroatoms. The molecule has 58 heavy (non-hydrogen) atoms. The van der Waals surface area contributed by atoms with Crippen molar-refractivity contribution in [3.63, 3.8) is 0 Å². The van der Waals surface area contributed by atoms with Crippen LogP contribution in [0.1, 0.15) is 226 Å². The van der Waals surface area contributed by atoms with E-state index in [-0.39, 0.29) is 36.2 Å². The number of carboxylic acid groups (broad SMARTS) is 1. The lowest BCUT2D eigenvalue weighted by molar-refractivity contribution is -0.887. The number of ether oxygens (including phenoxy) is 3. The number of likely N-dealkylation sites (N-methyl/N-ethyl adjacent to an activating group) is 1. The van der Waals surface area contributed by atoms with E-state index in [1.807, 2.05) is 21.1 Å². The number of allylic oxidation sites excluding steroid dienone is 4. The topological polar surface area (TPSA) is 99.1 Å². The van der Waals surface area contributed by atoms with Crippen molar-refractivity contribution in [3.8, 4) is 0 Å². The summed E-state index contributed by atoms with van der Waals surface area (Å²) in [5, 5.41) is 9.62. The van der Waals surface area contributed by atoms with Crippen molar-refractivity contribution in [2.45, 2.75) is 238 Å². The van der Waals surface area contributed by atoms with Gasteiger partial charge in [-0.25, -0.2) is 4.79 Å². The number of carbonyl (C=O) groups is 3. The molecule has 1 N–H and O–H groups in total. The molecule has 0 aliphatic carbocycles. The molecule has 8 nitrogen and oxygen atoms in total. The molecule has 0 aromatic carbocycles. The van der Waals surface area contributed by atoms with Gasteiger partial charge in [-0.3, -0.25) is 9.59 Å². The maximum absolute atomic E-state index is 12.7. The van der Waals surface area contributed by atoms with E-state index in [1.165, 1.54) is 141 Å². The molecule has 0 saturated heterocycles. The maximum atomic E-state index is 12.7. The van der Waals surface area contributed by atoms with Crippen LogP contribution in [-0.4, -0.2) is 80.6 Å². The van der Waals surface area contributed by atoms with Crippen molar-refractivity contribution in [1.29, 1.82) is 0 Å². The van der Waals surface area contributed by atoms with Crippen LogP contribution in [0.5, 0.6) is 0 Å². The summed E-state index contributed by atoms with van der Waals surface area (Å²) in [5.74, 6) is -1.47. The van der Waals surface area contributed by atoms with E-state index in [0.29, 0.717) is 19.3 Å². The second kappa shape index (κ2) is 41.5. The standard InChI is InChI=1S/C50H93NO7/c1-6-8-10-12-14-16-18-19-20-21-22-23-24-25-26-27-28-29-31-32-34-36-38-40-48(52)57-45-46(44-56-43-42-47(50(54)55)51(3,4)5)58-49(53)41-39-37-35-33-30-17-15-13-11-9-7-2/h22-23,25-26,46-47H,6-21,24,27-45H2,1-5H3/p+1/b23-22+,26-25+. The molecule has 0 radical (unpaired) electrons. The van der Waals surface area contributed by atoms with Crippen LogP contribution in [0.3, 0.4) is 0 Å². The lowest BCUT2D eigenvalue weighted by Crippen LogP contribution is -2.50. The molecule has 0 aromatic heterocycles. The van der Waals surface area contributed by atoms with E-state index in [1.54, 1.807) is 0 Å². The molecule has 0 aromatic rings. The summed E-state index contributed by atoms with van der Waals surface area (Å²) in [6.45, 7) is 4.74. The Morgan fingerprint density at radius 1 is 0.517 bits per heavy atom. The smallest absolute Gasteiger partial charge is 0.362 e. The summed E-state index contributed by atoms with van der Waals surface area (Å²) in [6, 6.07) is -0.612. The highest BCUT2D eigenvalue weighted by Crippen LogP contribution is 2.15. The second-order valence-electron chi connectivity index (χ2n) is 17.7. The van der Waals surface area contributed by atoms with Gasteiger partial charge in [0.1, 0.15) is 6.61 Å². The summed E-state index contributed by atoms with van der Waals surface area (Å²) >= 11 is 0. The molecular formula is C50H94NO7+. The zero-order valence-electron chi connectivity index (χ0n) is 38.8. The molecule has 0 bridgehead atoms. The number of hydrogen-bond donors (Lipinski definition) is 1. The van der Waals surface area contributed by atoms with Crippen LogP contribution >= 0.6 is 0 Å². The highest BCUT2D eigenvalue weighted by Gasteiger charge is 2.31. The zero-order chi connectivity index (χ0) is 42.8. The van der Waals surface area contributed by atoms with Crippen LogP contribution in [0.2, 0.25) is 0 Å². The number of carboxylic acids is 1. The number of quaternary nitrogens is 1. The maximum Gasteiger partial charge on any atom is 0.362 e. The SMILES string of the molecule is CCCCCCCCCCC/C=C/C/C=C/CCCCCCCCCC(=O)OCC(COCCC(C(=O)O)[N+](C)(C)C)OC(=O)CCCCCCCCCCCCC. The monoisotopic (exact) mass is 821 g/mol. The lowest BCUT2D eigenvalue weighted by atomic mass is 10.1. The Labute approximate surface area is 358 Å². The first-order valence-electron chi connectivity index (χ1n) is 24.4. The minimum atomic E-state index is -0.874. The van der Waals surface area contributed by atoms with Crippen LogP contribution in [0.4, 0.5) is 0 Å². The van der Waals surface area contributed by atoms with Gasteiger partial charge < -0.3 is 23.8 Å². The van der Waals surface area contributed by atoms with Gasteiger partial charge in [-0.2, -0.15) is 0 Å². The Morgan fingerprint density at radius 2 is 0.914 bits per heavy atom. The van der Waals surface area contributed by atoms with Crippen molar-refractivity contribution < 1.29 is 38.2 Å². The van der Waals surface area contributed by atoms with Crippen LogP contribution < -0.4 is 0 Å². The third-order valence-corrected chi connectivity index (χ3v) is 11.1. The van der Waals surface area contributed by atoms with E-state index in [9.17, 15) is 19.5 Å². The van der Waals surface area contributed by atoms with Crippen molar-refractivity contribution in [2.75, 3.05) is 41.0 Å². The van der Waals surface area contributed by atoms with Crippen LogP contribution in [0, 0.1) is 0 Å². The first kappa shape index (κ1) is 55.8. The van der Waals surface area contributed by atoms with Gasteiger partial charge in [-0.1, -0.05) is 186 Å². The minimum Gasteiger partial charge on any atom is -0.477 e. The molecule has 0 heterocycles. The van der Waals surface area contributed by atoms with Crippen molar-refractivity contribution in [3.05, 3.63) is 24.3 Å². The fourth-order valence-corrected chi connectivity index (χ4v) is 7.30. The first-order valence-corrected chi connectivity index (χ1v) is 24.4. The molecule has 0 amide bonds. The second-order valence-corrected chi connectivity index (χ2v) is 17.7. The molecule has 2 unspecified atom stereocenters. The third kappa shape index (κ3) is 39.3. The molecule has 340 valence electrons. The predicted molar refractivity (Wildman–Crippen MR) is 243 cm³/mol. The average molecular weight is 821 g/mol. The minimum absolute atomic E-state index is 0.0510. The zero-order valence-corrected chi connectivity index (χ0v) is 38.8. The van der Waals surface area contributed by atoms with Crippen molar-refractivity contribution in [2.24, 2.45) is 0 Å². The number of rotatable bonds is 44. The van der Waals surface area contributed by atoms with Crippen molar-refractivity contribution in [1.82, 2.24) is 0 Å². The molecule has 0 spiro atoms. The van der Waals surface area contributed by atoms with Gasteiger partial charge in [0.15, 0.2) is 12.1 Å². The number of hydrogen-bond acceptors (Lipinski definition) is 6. The molecule has 0 saturated carbocycles. The van der Waals surface area contributed by atoms with Crippen LogP contribution in [0.15, 0.2) is 24.3 Å². The first-order chi connectivity index (χ1) is 28.1. The third-order valence-electron chi connectivity index (χ3n) is 11.1.